The molecule has 0 spiro atoms. The molecule has 124 valence electrons. The Balaban J connectivity index is 1.50. The predicted molar refractivity (Wildman–Crippen MR) is 107 cm³/mol. The van der Waals surface area contributed by atoms with Crippen molar-refractivity contribution in [3.63, 3.8) is 0 Å². The molecule has 0 saturated carbocycles. The van der Waals surface area contributed by atoms with Gasteiger partial charge in [-0.3, -0.25) is 5.32 Å². The van der Waals surface area contributed by atoms with Crippen molar-refractivity contribution in [2.75, 3.05) is 10.6 Å². The fourth-order valence-corrected chi connectivity index (χ4v) is 4.16. The molecule has 0 aliphatic rings. The van der Waals surface area contributed by atoms with Crippen molar-refractivity contribution in [3.8, 4) is 10.6 Å². The van der Waals surface area contributed by atoms with E-state index < -0.39 is 0 Å². The third kappa shape index (κ3) is 3.55. The van der Waals surface area contributed by atoms with E-state index in [2.05, 4.69) is 40.7 Å². The molecule has 0 bridgehead atoms. The van der Waals surface area contributed by atoms with E-state index in [1.54, 1.807) is 11.3 Å². The summed E-state index contributed by atoms with van der Waals surface area (Å²) >= 11 is 3.16. The monoisotopic (exact) mass is 365 g/mol. The molecule has 2 heterocycles. The first kappa shape index (κ1) is 15.8. The van der Waals surface area contributed by atoms with Crippen molar-refractivity contribution in [1.82, 2.24) is 4.98 Å². The van der Waals surface area contributed by atoms with Gasteiger partial charge in [-0.15, -0.1) is 22.7 Å². The molecule has 4 nitrogen and oxygen atoms in total. The van der Waals surface area contributed by atoms with E-state index in [4.69, 9.17) is 0 Å². The normalized spacial score (nSPS) is 10.8. The minimum absolute atomic E-state index is 0.245. The number of thiazole rings is 1. The van der Waals surface area contributed by atoms with E-state index in [0.717, 1.165) is 26.8 Å². The Morgan fingerprint density at radius 3 is 2.64 bits per heavy atom. The predicted octanol–water partition coefficient (Wildman–Crippen LogP) is 5.98. The van der Waals surface area contributed by atoms with Crippen molar-refractivity contribution >= 4 is 49.6 Å². The first-order chi connectivity index (χ1) is 12.2. The average Bonchev–Trinajstić information content (AvgIpc) is 3.24. The van der Waals surface area contributed by atoms with Crippen molar-refractivity contribution in [2.24, 2.45) is 0 Å². The molecular weight excluding hydrogens is 350 g/mol. The Kier molecular flexibility index (Phi) is 4.21. The van der Waals surface area contributed by atoms with Crippen LogP contribution < -0.4 is 10.6 Å². The van der Waals surface area contributed by atoms with Crippen LogP contribution in [-0.2, 0) is 0 Å². The van der Waals surface area contributed by atoms with Gasteiger partial charge in [0, 0.05) is 11.3 Å². The maximum Gasteiger partial charge on any atom is 0.324 e. The molecule has 0 unspecified atom stereocenters. The van der Waals surface area contributed by atoms with E-state index in [9.17, 15) is 4.79 Å². The molecule has 0 saturated heterocycles. The number of amides is 2. The Morgan fingerprint density at radius 2 is 1.88 bits per heavy atom. The number of carbonyl (C=O) groups excluding carboxylic acids is 1. The van der Waals surface area contributed by atoms with E-state index in [0.29, 0.717) is 0 Å². The summed E-state index contributed by atoms with van der Waals surface area (Å²) in [5.41, 5.74) is 4.04. The maximum absolute atomic E-state index is 12.0. The van der Waals surface area contributed by atoms with Crippen molar-refractivity contribution in [3.05, 3.63) is 65.5 Å². The summed E-state index contributed by atoms with van der Waals surface area (Å²) in [6.45, 7) is 2.08. The number of benzene rings is 2. The molecule has 6 heteroatoms. The van der Waals surface area contributed by atoms with Crippen LogP contribution in [0, 0.1) is 6.92 Å². The van der Waals surface area contributed by atoms with Crippen LogP contribution in [0.2, 0.25) is 0 Å². The zero-order valence-corrected chi connectivity index (χ0v) is 15.1. The lowest BCUT2D eigenvalue weighted by atomic mass is 10.2. The summed E-state index contributed by atoms with van der Waals surface area (Å²) in [6.07, 6.45) is 0. The number of hydrogen-bond donors (Lipinski definition) is 2. The first-order valence-electron chi connectivity index (χ1n) is 7.76. The highest BCUT2D eigenvalue weighted by Crippen LogP contribution is 2.31. The number of carbonyl (C=O) groups is 1. The molecule has 0 aliphatic carbocycles. The zero-order valence-electron chi connectivity index (χ0n) is 13.4. The molecule has 2 aromatic carbocycles. The summed E-state index contributed by atoms with van der Waals surface area (Å²) < 4.78 is 1.19. The molecule has 0 atom stereocenters. The molecular formula is C19H15N3OS2. The Labute approximate surface area is 153 Å². The summed E-state index contributed by atoms with van der Waals surface area (Å²) in [4.78, 5) is 16.6. The molecule has 25 heavy (non-hydrogen) atoms. The van der Waals surface area contributed by atoms with Gasteiger partial charge in [0.15, 0.2) is 0 Å². The number of urea groups is 1. The molecule has 2 N–H and O–H groups in total. The second-order valence-corrected chi connectivity index (χ2v) is 7.60. The van der Waals surface area contributed by atoms with Gasteiger partial charge in [0.25, 0.3) is 0 Å². The van der Waals surface area contributed by atoms with Crippen molar-refractivity contribution in [2.45, 2.75) is 6.92 Å². The highest BCUT2D eigenvalue weighted by molar-refractivity contribution is 7.21. The van der Waals surface area contributed by atoms with Crippen molar-refractivity contribution < 1.29 is 4.79 Å². The third-order valence-corrected chi connectivity index (χ3v) is 5.54. The topological polar surface area (TPSA) is 54.0 Å². The van der Waals surface area contributed by atoms with Crippen LogP contribution in [-0.4, -0.2) is 11.0 Å². The molecule has 2 aromatic heterocycles. The summed E-state index contributed by atoms with van der Waals surface area (Å²) in [6, 6.07) is 17.5. The third-order valence-electron chi connectivity index (χ3n) is 3.69. The second-order valence-electron chi connectivity index (χ2n) is 5.62. The second kappa shape index (κ2) is 6.66. The molecule has 4 rings (SSSR count). The van der Waals surface area contributed by atoms with Gasteiger partial charge < -0.3 is 5.32 Å². The number of anilines is 2. The van der Waals surface area contributed by atoms with Gasteiger partial charge in [-0.25, -0.2) is 9.78 Å². The van der Waals surface area contributed by atoms with Crippen LogP contribution in [0.1, 0.15) is 5.56 Å². The minimum atomic E-state index is -0.245. The number of fused-ring (bicyclic) bond motifs is 1. The van der Waals surface area contributed by atoms with Gasteiger partial charge in [0.2, 0.25) is 0 Å². The minimum Gasteiger partial charge on any atom is -0.308 e. The number of nitrogens with one attached hydrogen (secondary N) is 2. The van der Waals surface area contributed by atoms with E-state index in [1.165, 1.54) is 21.6 Å². The van der Waals surface area contributed by atoms with Gasteiger partial charge in [0.1, 0.15) is 5.01 Å². The fourth-order valence-electron chi connectivity index (χ4n) is 2.48. The summed E-state index contributed by atoms with van der Waals surface area (Å²) in [5, 5.41) is 9.35. The number of nitrogens with zero attached hydrogens (tertiary/aromatic N) is 1. The van der Waals surface area contributed by atoms with Crippen LogP contribution in [0.25, 0.3) is 20.8 Å². The molecule has 4 aromatic rings. The van der Waals surface area contributed by atoms with Crippen molar-refractivity contribution in [1.29, 1.82) is 0 Å². The van der Waals surface area contributed by atoms with Crippen LogP contribution in [0.5, 0.6) is 0 Å². The van der Waals surface area contributed by atoms with Gasteiger partial charge in [-0.05, 0) is 66.4 Å². The van der Waals surface area contributed by atoms with Crippen LogP contribution in [0.3, 0.4) is 0 Å². The smallest absolute Gasteiger partial charge is 0.308 e. The maximum atomic E-state index is 12.0. The van der Waals surface area contributed by atoms with E-state index >= 15 is 0 Å². The SMILES string of the molecule is Cc1ccc2nc(-c3ccc(NC(=O)Nc4cccs4)cc3)sc2c1. The number of aryl methyl sites for hydroxylation is 1. The average molecular weight is 365 g/mol. The highest BCUT2D eigenvalue weighted by Gasteiger charge is 2.08. The lowest BCUT2D eigenvalue weighted by Gasteiger charge is -2.06. The Hall–Kier alpha value is -2.70. The lowest BCUT2D eigenvalue weighted by Crippen LogP contribution is -2.18. The number of aromatic nitrogens is 1. The fraction of sp³-hybridized carbons (Fsp3) is 0.0526. The number of hydrogen-bond acceptors (Lipinski definition) is 4. The molecule has 0 radical (unpaired) electrons. The number of thiophene rings is 1. The Bertz CT molecular complexity index is 1020. The van der Waals surface area contributed by atoms with Gasteiger partial charge in [0.05, 0.1) is 15.2 Å². The Morgan fingerprint density at radius 1 is 1.04 bits per heavy atom. The standard InChI is InChI=1S/C19H15N3OS2/c1-12-4-9-15-16(11-12)25-18(21-15)13-5-7-14(8-6-13)20-19(23)22-17-3-2-10-24-17/h2-11H,1H3,(H2,20,22,23). The summed E-state index contributed by atoms with van der Waals surface area (Å²) in [7, 11) is 0. The molecule has 0 fully saturated rings. The summed E-state index contributed by atoms with van der Waals surface area (Å²) in [5.74, 6) is 0. The van der Waals surface area contributed by atoms with Crippen LogP contribution in [0.15, 0.2) is 60.0 Å². The van der Waals surface area contributed by atoms with Crippen LogP contribution >= 0.6 is 22.7 Å². The lowest BCUT2D eigenvalue weighted by molar-refractivity contribution is 0.262. The van der Waals surface area contributed by atoms with E-state index in [-0.39, 0.29) is 6.03 Å². The quantitative estimate of drug-likeness (QED) is 0.469. The zero-order chi connectivity index (χ0) is 17.2. The van der Waals surface area contributed by atoms with Gasteiger partial charge in [-0.1, -0.05) is 6.07 Å². The van der Waals surface area contributed by atoms with Gasteiger partial charge >= 0.3 is 6.03 Å². The molecule has 2 amide bonds. The largest absolute Gasteiger partial charge is 0.324 e. The first-order valence-corrected chi connectivity index (χ1v) is 9.46. The van der Waals surface area contributed by atoms with Crippen LogP contribution in [0.4, 0.5) is 15.5 Å². The van der Waals surface area contributed by atoms with Gasteiger partial charge in [-0.2, -0.15) is 0 Å². The number of rotatable bonds is 3. The van der Waals surface area contributed by atoms with E-state index in [1.807, 2.05) is 41.8 Å². The highest BCUT2D eigenvalue weighted by atomic mass is 32.1. The molecule has 0 aliphatic heterocycles.